The van der Waals surface area contributed by atoms with Crippen LogP contribution in [0, 0.1) is 0 Å². The van der Waals surface area contributed by atoms with E-state index >= 15 is 0 Å². The van der Waals surface area contributed by atoms with Crippen LogP contribution in [0.3, 0.4) is 0 Å². The molecule has 25 heavy (non-hydrogen) atoms. The summed E-state index contributed by atoms with van der Waals surface area (Å²) in [6.07, 6.45) is 3.13. The van der Waals surface area contributed by atoms with Crippen LogP contribution in [0.5, 0.6) is 0 Å². The summed E-state index contributed by atoms with van der Waals surface area (Å²) < 4.78 is 6.16. The molecule has 0 bridgehead atoms. The van der Waals surface area contributed by atoms with Crippen LogP contribution in [-0.4, -0.2) is 29.9 Å². The van der Waals surface area contributed by atoms with E-state index in [1.165, 1.54) is 6.26 Å². The predicted octanol–water partition coefficient (Wildman–Crippen LogP) is 2.76. The second-order valence-electron chi connectivity index (χ2n) is 5.51. The number of hydrogen-bond donors (Lipinski definition) is 2. The lowest BCUT2D eigenvalue weighted by Gasteiger charge is -2.05. The van der Waals surface area contributed by atoms with Crippen LogP contribution < -0.4 is 10.6 Å². The lowest BCUT2D eigenvalue weighted by Crippen LogP contribution is -2.28. The number of hydrogen-bond acceptors (Lipinski definition) is 5. The van der Waals surface area contributed by atoms with Crippen LogP contribution in [0.15, 0.2) is 47.1 Å². The highest BCUT2D eigenvalue weighted by Gasteiger charge is 2.08. The van der Waals surface area contributed by atoms with Crippen molar-refractivity contribution in [2.45, 2.75) is 19.3 Å². The third kappa shape index (κ3) is 4.90. The number of para-hydroxylation sites is 1. The number of thiazole rings is 1. The Bertz CT molecular complexity index is 809. The Balaban J connectivity index is 1.31. The van der Waals surface area contributed by atoms with Gasteiger partial charge in [0.1, 0.15) is 0 Å². The highest BCUT2D eigenvalue weighted by molar-refractivity contribution is 7.18. The highest BCUT2D eigenvalue weighted by atomic mass is 32.1. The van der Waals surface area contributed by atoms with Gasteiger partial charge in [0, 0.05) is 25.9 Å². The number of aromatic nitrogens is 1. The molecule has 2 aromatic heterocycles. The Morgan fingerprint density at radius 3 is 2.76 bits per heavy atom. The van der Waals surface area contributed by atoms with Gasteiger partial charge in [-0.2, -0.15) is 0 Å². The van der Waals surface area contributed by atoms with Crippen LogP contribution >= 0.6 is 11.3 Å². The molecule has 6 nitrogen and oxygen atoms in total. The fraction of sp³-hybridized carbons (Fsp3) is 0.278. The third-order valence-electron chi connectivity index (χ3n) is 3.61. The number of furan rings is 1. The number of nitrogens with one attached hydrogen (secondary N) is 2. The normalized spacial score (nSPS) is 10.7. The zero-order chi connectivity index (χ0) is 17.5. The first-order valence-electron chi connectivity index (χ1n) is 8.15. The molecule has 0 fully saturated rings. The summed E-state index contributed by atoms with van der Waals surface area (Å²) in [5.41, 5.74) is 1.00. The van der Waals surface area contributed by atoms with Gasteiger partial charge in [0.15, 0.2) is 5.76 Å². The minimum absolute atomic E-state index is 0.0200. The maximum absolute atomic E-state index is 11.8. The Morgan fingerprint density at radius 1 is 1.08 bits per heavy atom. The van der Waals surface area contributed by atoms with Crippen molar-refractivity contribution >= 4 is 33.4 Å². The zero-order valence-corrected chi connectivity index (χ0v) is 14.5. The molecule has 0 aliphatic heterocycles. The van der Waals surface area contributed by atoms with E-state index in [2.05, 4.69) is 15.6 Å². The number of carbonyl (C=O) groups excluding carboxylic acids is 2. The van der Waals surface area contributed by atoms with Gasteiger partial charge in [0.25, 0.3) is 5.91 Å². The monoisotopic (exact) mass is 357 g/mol. The maximum atomic E-state index is 11.8. The molecule has 2 heterocycles. The summed E-state index contributed by atoms with van der Waals surface area (Å²) >= 11 is 1.65. The van der Waals surface area contributed by atoms with Gasteiger partial charge < -0.3 is 15.1 Å². The highest BCUT2D eigenvalue weighted by Crippen LogP contribution is 2.21. The average molecular weight is 357 g/mol. The molecular weight excluding hydrogens is 338 g/mol. The molecule has 0 spiro atoms. The lowest BCUT2D eigenvalue weighted by atomic mass is 10.3. The zero-order valence-electron chi connectivity index (χ0n) is 13.7. The standard InChI is InChI=1S/C18H19N3O3S/c22-16(8-3-10-20-18(23)14-6-4-12-24-14)19-11-9-17-21-13-5-1-2-7-15(13)25-17/h1-2,4-7,12H,3,8-11H2,(H,19,22)(H,20,23). The van der Waals surface area contributed by atoms with Crippen molar-refractivity contribution in [3.63, 3.8) is 0 Å². The van der Waals surface area contributed by atoms with Gasteiger partial charge in [-0.25, -0.2) is 4.98 Å². The fourth-order valence-electron chi connectivity index (χ4n) is 2.37. The second kappa shape index (κ2) is 8.43. The third-order valence-corrected chi connectivity index (χ3v) is 4.71. The van der Waals surface area contributed by atoms with Crippen LogP contribution in [-0.2, 0) is 11.2 Å². The molecule has 3 rings (SSSR count). The predicted molar refractivity (Wildman–Crippen MR) is 96.6 cm³/mol. The van der Waals surface area contributed by atoms with Gasteiger partial charge in [-0.05, 0) is 30.7 Å². The molecule has 2 amide bonds. The van der Waals surface area contributed by atoms with Crippen molar-refractivity contribution in [3.8, 4) is 0 Å². The number of carbonyl (C=O) groups is 2. The van der Waals surface area contributed by atoms with Crippen LogP contribution in [0.1, 0.15) is 28.4 Å². The van der Waals surface area contributed by atoms with Crippen molar-refractivity contribution < 1.29 is 14.0 Å². The summed E-state index contributed by atoms with van der Waals surface area (Å²) in [5, 5.41) is 6.62. The summed E-state index contributed by atoms with van der Waals surface area (Å²) in [6.45, 7) is 1.00. The lowest BCUT2D eigenvalue weighted by molar-refractivity contribution is -0.121. The fourth-order valence-corrected chi connectivity index (χ4v) is 3.34. The van der Waals surface area contributed by atoms with Gasteiger partial charge in [-0.3, -0.25) is 9.59 Å². The Morgan fingerprint density at radius 2 is 1.96 bits per heavy atom. The number of benzene rings is 1. The molecule has 2 N–H and O–H groups in total. The molecule has 0 atom stereocenters. The van der Waals surface area contributed by atoms with Crippen LogP contribution in [0.4, 0.5) is 0 Å². The van der Waals surface area contributed by atoms with Gasteiger partial charge >= 0.3 is 0 Å². The van der Waals surface area contributed by atoms with E-state index in [-0.39, 0.29) is 17.6 Å². The molecule has 0 radical (unpaired) electrons. The summed E-state index contributed by atoms with van der Waals surface area (Å²) in [7, 11) is 0. The molecule has 3 aromatic rings. The van der Waals surface area contributed by atoms with E-state index in [1.54, 1.807) is 23.5 Å². The molecular formula is C18H19N3O3S. The molecule has 0 aliphatic carbocycles. The van der Waals surface area contributed by atoms with E-state index in [9.17, 15) is 9.59 Å². The molecule has 0 saturated heterocycles. The number of nitrogens with zero attached hydrogens (tertiary/aromatic N) is 1. The van der Waals surface area contributed by atoms with Crippen molar-refractivity contribution in [1.82, 2.24) is 15.6 Å². The van der Waals surface area contributed by atoms with E-state index in [4.69, 9.17) is 4.42 Å². The smallest absolute Gasteiger partial charge is 0.286 e. The Kier molecular flexibility index (Phi) is 5.79. The van der Waals surface area contributed by atoms with E-state index in [1.807, 2.05) is 24.3 Å². The van der Waals surface area contributed by atoms with Gasteiger partial charge in [0.2, 0.25) is 5.91 Å². The van der Waals surface area contributed by atoms with Crippen LogP contribution in [0.25, 0.3) is 10.2 Å². The van der Waals surface area contributed by atoms with Crippen LogP contribution in [0.2, 0.25) is 0 Å². The molecule has 0 aliphatic rings. The topological polar surface area (TPSA) is 84.2 Å². The quantitative estimate of drug-likeness (QED) is 0.607. The van der Waals surface area contributed by atoms with Crippen molar-refractivity contribution in [3.05, 3.63) is 53.4 Å². The molecule has 7 heteroatoms. The first kappa shape index (κ1) is 17.2. The molecule has 0 saturated carbocycles. The number of rotatable bonds is 8. The summed E-state index contributed by atoms with van der Waals surface area (Å²) in [4.78, 5) is 28.0. The van der Waals surface area contributed by atoms with Gasteiger partial charge in [0.05, 0.1) is 21.5 Å². The summed E-state index contributed by atoms with van der Waals surface area (Å²) in [5.74, 6) is -0.00473. The van der Waals surface area contributed by atoms with E-state index < -0.39 is 0 Å². The molecule has 0 unspecified atom stereocenters. The number of fused-ring (bicyclic) bond motifs is 1. The van der Waals surface area contributed by atoms with E-state index in [0.717, 1.165) is 21.6 Å². The minimum Gasteiger partial charge on any atom is -0.459 e. The minimum atomic E-state index is -0.263. The van der Waals surface area contributed by atoms with Gasteiger partial charge in [-0.1, -0.05) is 12.1 Å². The Labute approximate surface area is 149 Å². The van der Waals surface area contributed by atoms with Crippen molar-refractivity contribution in [1.29, 1.82) is 0 Å². The second-order valence-corrected chi connectivity index (χ2v) is 6.63. The SMILES string of the molecule is O=C(CCCNC(=O)c1ccco1)NCCc1nc2ccccc2s1. The first-order chi connectivity index (χ1) is 12.2. The molecule has 1 aromatic carbocycles. The largest absolute Gasteiger partial charge is 0.459 e. The Hall–Kier alpha value is -2.67. The number of amides is 2. The maximum Gasteiger partial charge on any atom is 0.286 e. The molecule has 130 valence electrons. The van der Waals surface area contributed by atoms with Crippen molar-refractivity contribution in [2.24, 2.45) is 0 Å². The summed E-state index contributed by atoms with van der Waals surface area (Å²) in [6, 6.07) is 11.3. The average Bonchev–Trinajstić information content (AvgIpc) is 3.27. The van der Waals surface area contributed by atoms with Gasteiger partial charge in [-0.15, -0.1) is 11.3 Å². The first-order valence-corrected chi connectivity index (χ1v) is 8.97. The van der Waals surface area contributed by atoms with Crippen molar-refractivity contribution in [2.75, 3.05) is 13.1 Å². The van der Waals surface area contributed by atoms with E-state index in [0.29, 0.717) is 25.9 Å².